The van der Waals surface area contributed by atoms with Crippen LogP contribution in [0.2, 0.25) is 0 Å². The molecular formula is C18H32N6O3. The standard InChI is InChI=1S/C18H32N6O3/c1-18(2,3)27-17(25)22(5)8-7-20-16(19-4)24-11-9-23(10-12-24)14-15-6-13-26-21-15/h6,13H,7-12,14H2,1-5H3,(H,19,20). The molecule has 1 N–H and O–H groups in total. The summed E-state index contributed by atoms with van der Waals surface area (Å²) in [5, 5.41) is 7.29. The van der Waals surface area contributed by atoms with Crippen molar-refractivity contribution in [1.29, 1.82) is 0 Å². The molecule has 0 unspecified atom stereocenters. The molecule has 2 heterocycles. The van der Waals surface area contributed by atoms with Crippen molar-refractivity contribution in [2.24, 2.45) is 4.99 Å². The quantitative estimate of drug-likeness (QED) is 0.607. The third-order valence-electron chi connectivity index (χ3n) is 4.20. The minimum atomic E-state index is -0.486. The van der Waals surface area contributed by atoms with Crippen LogP contribution in [0.3, 0.4) is 0 Å². The average Bonchev–Trinajstić information content (AvgIpc) is 3.11. The summed E-state index contributed by atoms with van der Waals surface area (Å²) >= 11 is 0. The van der Waals surface area contributed by atoms with Crippen LogP contribution in [0, 0.1) is 0 Å². The average molecular weight is 380 g/mol. The fourth-order valence-corrected chi connectivity index (χ4v) is 2.76. The Morgan fingerprint density at radius 3 is 2.63 bits per heavy atom. The molecule has 0 radical (unpaired) electrons. The first-order chi connectivity index (χ1) is 12.8. The van der Waals surface area contributed by atoms with Gasteiger partial charge in [0.2, 0.25) is 0 Å². The summed E-state index contributed by atoms with van der Waals surface area (Å²) in [7, 11) is 3.52. The van der Waals surface area contributed by atoms with Gasteiger partial charge in [-0.15, -0.1) is 0 Å². The van der Waals surface area contributed by atoms with Crippen molar-refractivity contribution in [1.82, 2.24) is 25.2 Å². The van der Waals surface area contributed by atoms with Gasteiger partial charge in [-0.05, 0) is 20.8 Å². The predicted molar refractivity (Wildman–Crippen MR) is 104 cm³/mol. The van der Waals surface area contributed by atoms with Gasteiger partial charge in [0, 0.05) is 66.0 Å². The highest BCUT2D eigenvalue weighted by Gasteiger charge is 2.21. The molecule has 0 bridgehead atoms. The van der Waals surface area contributed by atoms with Gasteiger partial charge in [-0.1, -0.05) is 5.16 Å². The van der Waals surface area contributed by atoms with Crippen LogP contribution < -0.4 is 5.32 Å². The van der Waals surface area contributed by atoms with Gasteiger partial charge in [0.15, 0.2) is 5.96 Å². The van der Waals surface area contributed by atoms with E-state index in [4.69, 9.17) is 9.26 Å². The SMILES string of the molecule is CN=C(NCCN(C)C(=O)OC(C)(C)C)N1CCN(Cc2ccon2)CC1. The third-order valence-corrected chi connectivity index (χ3v) is 4.20. The molecule has 1 fully saturated rings. The Morgan fingerprint density at radius 1 is 1.37 bits per heavy atom. The van der Waals surface area contributed by atoms with Crippen molar-refractivity contribution in [2.75, 3.05) is 53.4 Å². The maximum Gasteiger partial charge on any atom is 0.410 e. The maximum absolute atomic E-state index is 12.0. The molecule has 0 atom stereocenters. The first kappa shape index (κ1) is 21.0. The normalized spacial score (nSPS) is 16.3. The number of piperazine rings is 1. The highest BCUT2D eigenvalue weighted by atomic mass is 16.6. The predicted octanol–water partition coefficient (Wildman–Crippen LogP) is 1.23. The first-order valence-electron chi connectivity index (χ1n) is 9.30. The maximum atomic E-state index is 12.0. The lowest BCUT2D eigenvalue weighted by atomic mass is 10.2. The van der Waals surface area contributed by atoms with Crippen molar-refractivity contribution in [3.8, 4) is 0 Å². The summed E-state index contributed by atoms with van der Waals surface area (Å²) in [5.74, 6) is 0.855. The second-order valence-electron chi connectivity index (χ2n) is 7.63. The number of nitrogens with one attached hydrogen (secondary N) is 1. The van der Waals surface area contributed by atoms with Crippen molar-refractivity contribution in [3.63, 3.8) is 0 Å². The number of guanidine groups is 1. The lowest BCUT2D eigenvalue weighted by molar-refractivity contribution is 0.0301. The van der Waals surface area contributed by atoms with Crippen LogP contribution in [0.5, 0.6) is 0 Å². The Morgan fingerprint density at radius 2 is 2.07 bits per heavy atom. The van der Waals surface area contributed by atoms with E-state index in [1.165, 1.54) is 0 Å². The second-order valence-corrected chi connectivity index (χ2v) is 7.63. The zero-order valence-electron chi connectivity index (χ0n) is 17.1. The van der Waals surface area contributed by atoms with Gasteiger partial charge in [0.1, 0.15) is 11.9 Å². The Balaban J connectivity index is 1.70. The molecule has 9 heteroatoms. The lowest BCUT2D eigenvalue weighted by Crippen LogP contribution is -2.53. The van der Waals surface area contributed by atoms with Gasteiger partial charge in [0.05, 0.1) is 5.69 Å². The molecule has 1 aliphatic heterocycles. The molecule has 0 aromatic carbocycles. The summed E-state index contributed by atoms with van der Waals surface area (Å²) in [6, 6.07) is 1.90. The van der Waals surface area contributed by atoms with Crippen molar-refractivity contribution < 1.29 is 14.1 Å². The number of carbonyl (C=O) groups is 1. The van der Waals surface area contributed by atoms with E-state index in [0.29, 0.717) is 13.1 Å². The van der Waals surface area contributed by atoms with Crippen LogP contribution >= 0.6 is 0 Å². The van der Waals surface area contributed by atoms with E-state index in [2.05, 4.69) is 25.3 Å². The number of likely N-dealkylation sites (N-methyl/N-ethyl adjacent to an activating group) is 1. The molecular weight excluding hydrogens is 348 g/mol. The van der Waals surface area contributed by atoms with Crippen LogP contribution in [-0.2, 0) is 11.3 Å². The molecule has 1 aliphatic rings. The molecule has 0 spiro atoms. The minimum absolute atomic E-state index is 0.319. The summed E-state index contributed by atoms with van der Waals surface area (Å²) in [6.07, 6.45) is 1.28. The molecule has 0 aliphatic carbocycles. The van der Waals surface area contributed by atoms with E-state index < -0.39 is 5.60 Å². The molecule has 2 rings (SSSR count). The summed E-state index contributed by atoms with van der Waals surface area (Å²) in [4.78, 5) is 22.5. The van der Waals surface area contributed by atoms with E-state index in [-0.39, 0.29) is 6.09 Å². The number of rotatable bonds is 5. The lowest BCUT2D eigenvalue weighted by Gasteiger charge is -2.36. The van der Waals surface area contributed by atoms with E-state index >= 15 is 0 Å². The third kappa shape index (κ3) is 7.09. The van der Waals surface area contributed by atoms with Gasteiger partial charge in [-0.3, -0.25) is 9.89 Å². The Labute approximate surface area is 161 Å². The number of nitrogens with zero attached hydrogens (tertiary/aromatic N) is 5. The van der Waals surface area contributed by atoms with Crippen LogP contribution in [0.25, 0.3) is 0 Å². The largest absolute Gasteiger partial charge is 0.444 e. The van der Waals surface area contributed by atoms with Gasteiger partial charge < -0.3 is 24.4 Å². The first-order valence-corrected chi connectivity index (χ1v) is 9.30. The van der Waals surface area contributed by atoms with Gasteiger partial charge in [-0.2, -0.15) is 0 Å². The molecule has 1 amide bonds. The van der Waals surface area contributed by atoms with Crippen LogP contribution in [0.15, 0.2) is 21.8 Å². The zero-order chi connectivity index (χ0) is 19.9. The minimum Gasteiger partial charge on any atom is -0.444 e. The monoisotopic (exact) mass is 380 g/mol. The van der Waals surface area contributed by atoms with E-state index in [1.807, 2.05) is 26.8 Å². The molecule has 1 aromatic heterocycles. The number of hydrogen-bond donors (Lipinski definition) is 1. The highest BCUT2D eigenvalue weighted by Crippen LogP contribution is 2.09. The fraction of sp³-hybridized carbons (Fsp3) is 0.722. The smallest absolute Gasteiger partial charge is 0.410 e. The fourth-order valence-electron chi connectivity index (χ4n) is 2.76. The van der Waals surface area contributed by atoms with Crippen LogP contribution in [0.1, 0.15) is 26.5 Å². The van der Waals surface area contributed by atoms with Crippen molar-refractivity contribution in [3.05, 3.63) is 18.0 Å². The van der Waals surface area contributed by atoms with Crippen molar-refractivity contribution >= 4 is 12.1 Å². The summed E-state index contributed by atoms with van der Waals surface area (Å²) in [6.45, 7) is 11.2. The van der Waals surface area contributed by atoms with Gasteiger partial charge >= 0.3 is 6.09 Å². The van der Waals surface area contributed by atoms with E-state index in [1.54, 1.807) is 25.3 Å². The number of aliphatic imine (C=N–C) groups is 1. The number of aromatic nitrogens is 1. The van der Waals surface area contributed by atoms with Crippen LogP contribution in [0.4, 0.5) is 4.79 Å². The van der Waals surface area contributed by atoms with Crippen molar-refractivity contribution in [2.45, 2.75) is 32.9 Å². The molecule has 152 valence electrons. The molecule has 27 heavy (non-hydrogen) atoms. The Hall–Kier alpha value is -2.29. The summed E-state index contributed by atoms with van der Waals surface area (Å²) in [5.41, 5.74) is 0.469. The molecule has 9 nitrogen and oxygen atoms in total. The van der Waals surface area contributed by atoms with E-state index in [0.717, 1.165) is 44.4 Å². The number of carbonyl (C=O) groups excluding carboxylic acids is 1. The summed E-state index contributed by atoms with van der Waals surface area (Å²) < 4.78 is 10.2. The highest BCUT2D eigenvalue weighted by molar-refractivity contribution is 5.80. The number of amides is 1. The molecule has 0 saturated carbocycles. The number of hydrogen-bond acceptors (Lipinski definition) is 6. The molecule has 1 saturated heterocycles. The zero-order valence-corrected chi connectivity index (χ0v) is 17.1. The van der Waals surface area contributed by atoms with Gasteiger partial charge in [0.25, 0.3) is 0 Å². The topological polar surface area (TPSA) is 86.4 Å². The number of ether oxygens (including phenoxy) is 1. The van der Waals surface area contributed by atoms with Crippen LogP contribution in [-0.4, -0.2) is 90.9 Å². The second kappa shape index (κ2) is 9.59. The molecule has 1 aromatic rings. The Kier molecular flexibility index (Phi) is 7.46. The van der Waals surface area contributed by atoms with E-state index in [9.17, 15) is 4.79 Å². The van der Waals surface area contributed by atoms with Gasteiger partial charge in [-0.25, -0.2) is 4.79 Å². The Bertz CT molecular complexity index is 603.